The number of ether oxygens (including phenoxy) is 2. The van der Waals surface area contributed by atoms with E-state index in [2.05, 4.69) is 24.4 Å². The number of thiophene rings is 1. The monoisotopic (exact) mass is 520 g/mol. The van der Waals surface area contributed by atoms with Crippen LogP contribution in [-0.2, 0) is 11.2 Å². The van der Waals surface area contributed by atoms with Gasteiger partial charge in [0, 0.05) is 22.5 Å². The van der Waals surface area contributed by atoms with Crippen molar-refractivity contribution in [3.63, 3.8) is 0 Å². The summed E-state index contributed by atoms with van der Waals surface area (Å²) >= 11 is 1.72. The molecule has 0 spiro atoms. The highest BCUT2D eigenvalue weighted by atomic mass is 32.1. The van der Waals surface area contributed by atoms with Crippen LogP contribution in [0.4, 0.5) is 0 Å². The van der Waals surface area contributed by atoms with Gasteiger partial charge in [0.1, 0.15) is 24.7 Å². The third-order valence-electron chi connectivity index (χ3n) is 6.81. The second-order valence-corrected chi connectivity index (χ2v) is 11.5. The molecule has 1 aromatic heterocycles. The van der Waals surface area contributed by atoms with Crippen LogP contribution in [0.2, 0.25) is 0 Å². The van der Waals surface area contributed by atoms with Crippen LogP contribution in [0.3, 0.4) is 0 Å². The average Bonchev–Trinajstić information content (AvgIpc) is 3.34. The highest BCUT2D eigenvalue weighted by Crippen LogP contribution is 2.35. The predicted molar refractivity (Wildman–Crippen MR) is 148 cm³/mol. The van der Waals surface area contributed by atoms with E-state index in [1.165, 1.54) is 10.4 Å². The number of carbonyl (C=O) groups is 2. The summed E-state index contributed by atoms with van der Waals surface area (Å²) in [5.41, 5.74) is 3.33. The van der Waals surface area contributed by atoms with Gasteiger partial charge in [-0.15, -0.1) is 11.3 Å². The molecular formula is C30H36N2O4S. The van der Waals surface area contributed by atoms with Gasteiger partial charge in [0.2, 0.25) is 5.91 Å². The zero-order chi connectivity index (χ0) is 26.7. The van der Waals surface area contributed by atoms with Gasteiger partial charge < -0.3 is 19.3 Å². The molecule has 0 radical (unpaired) electrons. The summed E-state index contributed by atoms with van der Waals surface area (Å²) in [5.74, 6) is 1.15. The number of hydrogen-bond acceptors (Lipinski definition) is 5. The molecule has 0 unspecified atom stereocenters. The molecule has 6 nitrogen and oxygen atoms in total. The minimum Gasteiger partial charge on any atom is -0.497 e. The van der Waals surface area contributed by atoms with Gasteiger partial charge >= 0.3 is 0 Å². The number of aryl methyl sites for hydroxylation is 2. The molecule has 2 amide bonds. The Hall–Kier alpha value is -3.32. The quantitative estimate of drug-likeness (QED) is 0.394. The van der Waals surface area contributed by atoms with Crippen LogP contribution in [-0.4, -0.2) is 54.0 Å². The van der Waals surface area contributed by atoms with Crippen LogP contribution in [0, 0.1) is 13.8 Å². The number of methoxy groups -OCH3 is 1. The van der Waals surface area contributed by atoms with Gasteiger partial charge in [-0.3, -0.25) is 9.59 Å². The molecule has 0 saturated heterocycles. The Morgan fingerprint density at radius 1 is 1.11 bits per heavy atom. The van der Waals surface area contributed by atoms with Crippen molar-refractivity contribution in [1.82, 2.24) is 9.80 Å². The first-order chi connectivity index (χ1) is 17.6. The molecule has 2 heterocycles. The van der Waals surface area contributed by atoms with E-state index in [4.69, 9.17) is 9.47 Å². The Labute approximate surface area is 223 Å². The van der Waals surface area contributed by atoms with Crippen molar-refractivity contribution in [1.29, 1.82) is 0 Å². The number of hydrogen-bond donors (Lipinski definition) is 0. The van der Waals surface area contributed by atoms with E-state index in [1.54, 1.807) is 47.6 Å². The van der Waals surface area contributed by atoms with E-state index in [-0.39, 0.29) is 24.4 Å². The molecular weight excluding hydrogens is 484 g/mol. The maximum absolute atomic E-state index is 13.8. The van der Waals surface area contributed by atoms with Crippen LogP contribution in [0.1, 0.15) is 58.7 Å². The molecule has 0 saturated carbocycles. The van der Waals surface area contributed by atoms with E-state index in [9.17, 15) is 9.59 Å². The zero-order valence-electron chi connectivity index (χ0n) is 22.5. The third kappa shape index (κ3) is 5.99. The number of amides is 2. The fraction of sp³-hybridized carbons (Fsp3) is 0.400. The van der Waals surface area contributed by atoms with Crippen molar-refractivity contribution in [3.8, 4) is 11.5 Å². The van der Waals surface area contributed by atoms with Crippen molar-refractivity contribution >= 4 is 23.2 Å². The minimum absolute atomic E-state index is 0.0148. The Morgan fingerprint density at radius 2 is 1.89 bits per heavy atom. The van der Waals surface area contributed by atoms with Crippen LogP contribution >= 0.6 is 11.3 Å². The fourth-order valence-corrected chi connectivity index (χ4v) is 5.68. The lowest BCUT2D eigenvalue weighted by atomic mass is 9.99. The molecule has 0 fully saturated rings. The lowest BCUT2D eigenvalue weighted by Gasteiger charge is -2.40. The Balaban J connectivity index is 1.57. The van der Waals surface area contributed by atoms with Gasteiger partial charge in [-0.1, -0.05) is 23.8 Å². The average molecular weight is 521 g/mol. The number of carbonyl (C=O) groups excluding carboxylic acids is 2. The molecule has 0 bridgehead atoms. The molecule has 1 atom stereocenters. The standard InChI is InChI=1S/C30H36N2O4S/c1-20-10-11-26(21(2)16-20)36-19-25-24-13-15-37-27(24)12-14-31(25)28(33)18-32(30(3,4)5)29(34)22-8-7-9-23(17-22)35-6/h7-11,13,15-17,25H,12,14,18-19H2,1-6H3/t25-/m0/s1. The third-order valence-corrected chi connectivity index (χ3v) is 7.80. The van der Waals surface area contributed by atoms with Crippen molar-refractivity contribution in [3.05, 3.63) is 81.0 Å². The SMILES string of the molecule is COc1cccc(C(=O)N(CC(=O)N2CCc3sccc3[C@@H]2COc2ccc(C)cc2C)C(C)(C)C)c1. The Bertz CT molecular complexity index is 1280. The molecule has 196 valence electrons. The van der Waals surface area contributed by atoms with Gasteiger partial charge in [-0.25, -0.2) is 0 Å². The van der Waals surface area contributed by atoms with Gasteiger partial charge in [-0.2, -0.15) is 0 Å². The minimum atomic E-state index is -0.551. The Morgan fingerprint density at radius 3 is 2.59 bits per heavy atom. The van der Waals surface area contributed by atoms with Crippen LogP contribution in [0.15, 0.2) is 53.9 Å². The van der Waals surface area contributed by atoms with Crippen molar-refractivity contribution in [2.75, 3.05) is 26.8 Å². The van der Waals surface area contributed by atoms with E-state index in [1.807, 2.05) is 44.7 Å². The van der Waals surface area contributed by atoms with Gasteiger partial charge in [0.15, 0.2) is 0 Å². The summed E-state index contributed by atoms with van der Waals surface area (Å²) in [6.45, 7) is 10.9. The second kappa shape index (κ2) is 11.0. The van der Waals surface area contributed by atoms with Gasteiger partial charge in [0.25, 0.3) is 5.91 Å². The van der Waals surface area contributed by atoms with Gasteiger partial charge in [-0.05, 0) is 87.9 Å². The second-order valence-electron chi connectivity index (χ2n) is 10.5. The smallest absolute Gasteiger partial charge is 0.254 e. The molecule has 0 aliphatic carbocycles. The highest BCUT2D eigenvalue weighted by Gasteiger charge is 2.36. The first-order valence-corrected chi connectivity index (χ1v) is 13.5. The molecule has 4 rings (SSSR count). The summed E-state index contributed by atoms with van der Waals surface area (Å²) in [6.07, 6.45) is 0.804. The summed E-state index contributed by atoms with van der Waals surface area (Å²) in [4.78, 5) is 32.2. The first kappa shape index (κ1) is 26.7. The number of nitrogens with zero attached hydrogens (tertiary/aromatic N) is 2. The molecule has 2 aromatic carbocycles. The van der Waals surface area contributed by atoms with Crippen molar-refractivity contribution in [2.45, 2.75) is 52.6 Å². The fourth-order valence-electron chi connectivity index (χ4n) is 4.76. The van der Waals surface area contributed by atoms with E-state index < -0.39 is 5.54 Å². The largest absolute Gasteiger partial charge is 0.497 e. The van der Waals surface area contributed by atoms with Crippen LogP contribution in [0.25, 0.3) is 0 Å². The van der Waals surface area contributed by atoms with E-state index in [0.717, 1.165) is 23.3 Å². The number of fused-ring (bicyclic) bond motifs is 1. The molecule has 1 aliphatic heterocycles. The van der Waals surface area contributed by atoms with Crippen molar-refractivity contribution < 1.29 is 19.1 Å². The first-order valence-electron chi connectivity index (χ1n) is 12.6. The van der Waals surface area contributed by atoms with Crippen LogP contribution < -0.4 is 9.47 Å². The zero-order valence-corrected chi connectivity index (χ0v) is 23.4. The van der Waals surface area contributed by atoms with Gasteiger partial charge in [0.05, 0.1) is 13.2 Å². The molecule has 0 N–H and O–H groups in total. The van der Waals surface area contributed by atoms with E-state index >= 15 is 0 Å². The number of rotatable bonds is 7. The molecule has 1 aliphatic rings. The molecule has 37 heavy (non-hydrogen) atoms. The highest BCUT2D eigenvalue weighted by molar-refractivity contribution is 7.10. The van der Waals surface area contributed by atoms with Crippen LogP contribution in [0.5, 0.6) is 11.5 Å². The summed E-state index contributed by atoms with van der Waals surface area (Å²) in [6, 6.07) is 15.1. The van der Waals surface area contributed by atoms with Crippen molar-refractivity contribution in [2.24, 2.45) is 0 Å². The maximum atomic E-state index is 13.8. The predicted octanol–water partition coefficient (Wildman–Crippen LogP) is 5.82. The molecule has 7 heteroatoms. The Kier molecular flexibility index (Phi) is 7.93. The topological polar surface area (TPSA) is 59.1 Å². The summed E-state index contributed by atoms with van der Waals surface area (Å²) in [5, 5.41) is 2.08. The summed E-state index contributed by atoms with van der Waals surface area (Å²) in [7, 11) is 1.57. The summed E-state index contributed by atoms with van der Waals surface area (Å²) < 4.78 is 11.6. The van der Waals surface area contributed by atoms with E-state index in [0.29, 0.717) is 24.5 Å². The lowest BCUT2D eigenvalue weighted by molar-refractivity contribution is -0.136. The molecule has 3 aromatic rings. The lowest BCUT2D eigenvalue weighted by Crippen LogP contribution is -2.53. The maximum Gasteiger partial charge on any atom is 0.254 e. The normalized spacial score (nSPS) is 15.2. The number of benzene rings is 2.